The van der Waals surface area contributed by atoms with Crippen molar-refractivity contribution in [1.82, 2.24) is 15.5 Å². The number of ether oxygens (including phenoxy) is 2. The summed E-state index contributed by atoms with van der Waals surface area (Å²) in [6.45, 7) is 12.4. The van der Waals surface area contributed by atoms with Crippen LogP contribution in [0.15, 0.2) is 36.4 Å². The molecule has 8 nitrogen and oxygen atoms in total. The molecule has 0 aliphatic rings. The zero-order valence-corrected chi connectivity index (χ0v) is 25.0. The minimum absolute atomic E-state index is 0.0137. The lowest BCUT2D eigenvalue weighted by atomic mass is 9.94. The molecule has 2 amide bonds. The van der Waals surface area contributed by atoms with Gasteiger partial charge in [-0.3, -0.25) is 19.8 Å². The number of nitrogens with one attached hydrogen (secondary N) is 2. The fourth-order valence-corrected chi connectivity index (χ4v) is 4.40. The van der Waals surface area contributed by atoms with Crippen molar-refractivity contribution in [3.8, 4) is 5.75 Å². The van der Waals surface area contributed by atoms with E-state index in [0.717, 1.165) is 23.2 Å². The summed E-state index contributed by atoms with van der Waals surface area (Å²) in [6, 6.07) is 10.6. The largest absolute Gasteiger partial charge is 0.488 e. The van der Waals surface area contributed by atoms with Gasteiger partial charge in [0.2, 0.25) is 11.8 Å². The van der Waals surface area contributed by atoms with Crippen LogP contribution in [0.1, 0.15) is 63.3 Å². The maximum atomic E-state index is 14.8. The molecule has 2 aromatic carbocycles. The number of halogens is 1. The van der Waals surface area contributed by atoms with Crippen LogP contribution in [0.5, 0.6) is 5.75 Å². The Kier molecular flexibility index (Phi) is 13.3. The number of amides is 2. The summed E-state index contributed by atoms with van der Waals surface area (Å²) in [7, 11) is 3.28. The first-order valence-electron chi connectivity index (χ1n) is 13.8. The van der Waals surface area contributed by atoms with E-state index < -0.39 is 18.0 Å². The minimum Gasteiger partial charge on any atom is -0.488 e. The second-order valence-corrected chi connectivity index (χ2v) is 11.5. The number of hydrogen-bond acceptors (Lipinski definition) is 7. The standard InChI is InChI=1S/C30H45BFN3O5/c1-7-27(37)34-29(38)28(31)33-14-24-22(17-39-6)9-8-10-26(24)40-18-23-13-21(11-12-25(23)32)16-35(15-20(2)36)19-30(3,4)5/h8-13,20,28,33,36H,7,14-19,31H2,1-6H3,(H,34,37,38). The van der Waals surface area contributed by atoms with Gasteiger partial charge in [0.05, 0.1) is 18.7 Å². The van der Waals surface area contributed by atoms with Crippen molar-refractivity contribution in [3.63, 3.8) is 0 Å². The number of aliphatic hydroxyl groups excluding tert-OH is 1. The van der Waals surface area contributed by atoms with Gasteiger partial charge in [0, 0.05) is 50.8 Å². The van der Waals surface area contributed by atoms with E-state index in [1.54, 1.807) is 47.0 Å². The van der Waals surface area contributed by atoms with Gasteiger partial charge in [-0.25, -0.2) is 4.39 Å². The molecule has 0 radical (unpaired) electrons. The number of carbonyl (C=O) groups is 2. The normalized spacial score (nSPS) is 13.2. The average molecular weight is 558 g/mol. The highest BCUT2D eigenvalue weighted by molar-refractivity contribution is 6.25. The number of aliphatic hydroxyl groups is 1. The Bertz CT molecular complexity index is 1120. The smallest absolute Gasteiger partial charge is 0.235 e. The van der Waals surface area contributed by atoms with Gasteiger partial charge in [0.25, 0.3) is 0 Å². The molecule has 0 fully saturated rings. The molecular formula is C30H45BFN3O5. The molecule has 40 heavy (non-hydrogen) atoms. The third-order valence-corrected chi connectivity index (χ3v) is 6.21. The van der Waals surface area contributed by atoms with Gasteiger partial charge in [0.1, 0.15) is 26.0 Å². The van der Waals surface area contributed by atoms with E-state index in [1.165, 1.54) is 6.07 Å². The Hall–Kier alpha value is -2.79. The maximum Gasteiger partial charge on any atom is 0.235 e. The van der Waals surface area contributed by atoms with E-state index in [-0.39, 0.29) is 36.7 Å². The summed E-state index contributed by atoms with van der Waals surface area (Å²) in [5.74, 6) is -1.17. The topological polar surface area (TPSA) is 100 Å². The van der Waals surface area contributed by atoms with Crippen LogP contribution in [0, 0.1) is 11.2 Å². The van der Waals surface area contributed by atoms with Crippen LogP contribution in [-0.4, -0.2) is 61.9 Å². The van der Waals surface area contributed by atoms with Crippen LogP contribution >= 0.6 is 0 Å². The summed E-state index contributed by atoms with van der Waals surface area (Å²) in [5.41, 5.74) is 3.06. The van der Waals surface area contributed by atoms with Crippen LogP contribution in [-0.2, 0) is 40.6 Å². The lowest BCUT2D eigenvalue weighted by Crippen LogP contribution is -2.46. The molecule has 2 atom stereocenters. The second kappa shape index (κ2) is 15.9. The quantitative estimate of drug-likeness (QED) is 0.290. The molecule has 2 rings (SSSR count). The Morgan fingerprint density at radius 1 is 1.15 bits per heavy atom. The molecule has 0 aliphatic heterocycles. The zero-order chi connectivity index (χ0) is 29.9. The maximum absolute atomic E-state index is 14.8. The van der Waals surface area contributed by atoms with Gasteiger partial charge in [-0.2, -0.15) is 0 Å². The minimum atomic E-state index is -0.620. The van der Waals surface area contributed by atoms with Crippen LogP contribution in [0.3, 0.4) is 0 Å². The van der Waals surface area contributed by atoms with E-state index in [4.69, 9.17) is 9.47 Å². The predicted molar refractivity (Wildman–Crippen MR) is 157 cm³/mol. The van der Waals surface area contributed by atoms with Crippen molar-refractivity contribution >= 4 is 19.7 Å². The summed E-state index contributed by atoms with van der Waals surface area (Å²) < 4.78 is 26.3. The summed E-state index contributed by atoms with van der Waals surface area (Å²) >= 11 is 0. The third kappa shape index (κ3) is 11.4. The van der Waals surface area contributed by atoms with Crippen molar-refractivity contribution in [2.45, 2.75) is 79.4 Å². The second-order valence-electron chi connectivity index (χ2n) is 11.5. The van der Waals surface area contributed by atoms with E-state index in [1.807, 2.05) is 12.1 Å². The first-order chi connectivity index (χ1) is 18.8. The van der Waals surface area contributed by atoms with Crippen LogP contribution < -0.4 is 15.4 Å². The van der Waals surface area contributed by atoms with Gasteiger partial charge in [-0.1, -0.05) is 45.9 Å². The summed E-state index contributed by atoms with van der Waals surface area (Å²) in [5, 5.41) is 15.5. The lowest BCUT2D eigenvalue weighted by molar-refractivity contribution is -0.130. The molecule has 3 N–H and O–H groups in total. The highest BCUT2D eigenvalue weighted by Gasteiger charge is 2.20. The van der Waals surface area contributed by atoms with E-state index >= 15 is 0 Å². The Morgan fingerprint density at radius 3 is 2.50 bits per heavy atom. The van der Waals surface area contributed by atoms with E-state index in [0.29, 0.717) is 31.0 Å². The third-order valence-electron chi connectivity index (χ3n) is 6.21. The molecule has 0 saturated heterocycles. The number of methoxy groups -OCH3 is 1. The summed E-state index contributed by atoms with van der Waals surface area (Å²) in [4.78, 5) is 26.1. The van der Waals surface area contributed by atoms with Gasteiger partial charge >= 0.3 is 0 Å². The number of hydrogen-bond donors (Lipinski definition) is 3. The molecule has 2 aromatic rings. The van der Waals surface area contributed by atoms with Gasteiger partial charge in [0.15, 0.2) is 0 Å². The molecule has 0 bridgehead atoms. The van der Waals surface area contributed by atoms with Crippen LogP contribution in [0.25, 0.3) is 0 Å². The Balaban J connectivity index is 2.20. The van der Waals surface area contributed by atoms with Crippen molar-refractivity contribution in [2.24, 2.45) is 5.41 Å². The van der Waals surface area contributed by atoms with Crippen molar-refractivity contribution < 1.29 is 28.6 Å². The lowest BCUT2D eigenvalue weighted by Gasteiger charge is -2.31. The first-order valence-corrected chi connectivity index (χ1v) is 13.8. The van der Waals surface area contributed by atoms with Crippen molar-refractivity contribution in [3.05, 3.63) is 64.5 Å². The number of imide groups is 1. The molecular weight excluding hydrogens is 512 g/mol. The monoisotopic (exact) mass is 557 g/mol. The highest BCUT2D eigenvalue weighted by Crippen LogP contribution is 2.26. The van der Waals surface area contributed by atoms with Gasteiger partial charge < -0.3 is 19.9 Å². The number of nitrogens with zero attached hydrogens (tertiary/aromatic N) is 1. The van der Waals surface area contributed by atoms with E-state index in [9.17, 15) is 19.1 Å². The van der Waals surface area contributed by atoms with Crippen molar-refractivity contribution in [1.29, 1.82) is 0 Å². The summed E-state index contributed by atoms with van der Waals surface area (Å²) in [6.07, 6.45) is -0.252. The fraction of sp³-hybridized carbons (Fsp3) is 0.533. The fourth-order valence-electron chi connectivity index (χ4n) is 4.40. The highest BCUT2D eigenvalue weighted by atomic mass is 19.1. The zero-order valence-electron chi connectivity index (χ0n) is 25.0. The molecule has 10 heteroatoms. The predicted octanol–water partition coefficient (Wildman–Crippen LogP) is 2.88. The average Bonchev–Trinajstić information content (AvgIpc) is 2.86. The number of benzene rings is 2. The van der Waals surface area contributed by atoms with Gasteiger partial charge in [-0.15, -0.1) is 0 Å². The van der Waals surface area contributed by atoms with Crippen LogP contribution in [0.4, 0.5) is 4.39 Å². The first kappa shape index (κ1) is 33.4. The molecule has 0 aliphatic carbocycles. The molecule has 0 aromatic heterocycles. The van der Waals surface area contributed by atoms with Gasteiger partial charge in [-0.05, 0) is 41.7 Å². The molecule has 0 saturated carbocycles. The number of rotatable bonds is 15. The van der Waals surface area contributed by atoms with Crippen LogP contribution in [0.2, 0.25) is 0 Å². The van der Waals surface area contributed by atoms with Crippen molar-refractivity contribution in [2.75, 3.05) is 20.2 Å². The Labute approximate surface area is 239 Å². The molecule has 2 unspecified atom stereocenters. The Morgan fingerprint density at radius 2 is 1.88 bits per heavy atom. The molecule has 0 heterocycles. The molecule has 0 spiro atoms. The van der Waals surface area contributed by atoms with E-state index in [2.05, 4.69) is 36.3 Å². The number of carbonyl (C=O) groups excluding carboxylic acids is 2. The SMILES string of the molecule is BC(NCc1c(COC)cccc1OCc1cc(CN(CC(C)O)CC(C)(C)C)ccc1F)C(=O)NC(=O)CC. The molecule has 220 valence electrons.